The number of amides is 1. The highest BCUT2D eigenvalue weighted by Crippen LogP contribution is 2.39. The second-order valence-electron chi connectivity index (χ2n) is 6.61. The fraction of sp³-hybridized carbons (Fsp3) is 0.412. The predicted octanol–water partition coefficient (Wildman–Crippen LogP) is 3.12. The molecule has 5 nitrogen and oxygen atoms in total. The highest BCUT2D eigenvalue weighted by atomic mass is 16.5. The van der Waals surface area contributed by atoms with Gasteiger partial charge in [0.1, 0.15) is 11.6 Å². The number of rotatable bonds is 2. The molecule has 3 rings (SSSR count). The van der Waals surface area contributed by atoms with Crippen molar-refractivity contribution in [3.63, 3.8) is 0 Å². The predicted molar refractivity (Wildman–Crippen MR) is 85.3 cm³/mol. The van der Waals surface area contributed by atoms with Crippen LogP contribution in [0.3, 0.4) is 0 Å². The molecule has 22 heavy (non-hydrogen) atoms. The van der Waals surface area contributed by atoms with E-state index in [1.54, 1.807) is 7.11 Å². The fourth-order valence-corrected chi connectivity index (χ4v) is 2.88. The van der Waals surface area contributed by atoms with Gasteiger partial charge in [0.25, 0.3) is 0 Å². The monoisotopic (exact) mass is 299 g/mol. The van der Waals surface area contributed by atoms with Crippen LogP contribution < -0.4 is 10.1 Å². The van der Waals surface area contributed by atoms with Gasteiger partial charge in [-0.3, -0.25) is 4.79 Å². The number of methoxy groups -OCH3 is 1. The zero-order valence-corrected chi connectivity index (χ0v) is 13.4. The number of hydrogen-bond acceptors (Lipinski definition) is 3. The summed E-state index contributed by atoms with van der Waals surface area (Å²) in [5.74, 6) is 1.63. The van der Waals surface area contributed by atoms with Gasteiger partial charge < -0.3 is 10.1 Å². The minimum Gasteiger partial charge on any atom is -0.497 e. The van der Waals surface area contributed by atoms with Crippen LogP contribution in [0.2, 0.25) is 0 Å². The number of anilines is 1. The number of carbonyl (C=O) groups is 1. The van der Waals surface area contributed by atoms with E-state index >= 15 is 0 Å². The lowest BCUT2D eigenvalue weighted by molar-refractivity contribution is -0.116. The quantitative estimate of drug-likeness (QED) is 0.927. The molecule has 1 N–H and O–H groups in total. The Bertz CT molecular complexity index is 713. The van der Waals surface area contributed by atoms with E-state index in [-0.39, 0.29) is 17.4 Å². The maximum absolute atomic E-state index is 12.2. The molecule has 0 saturated carbocycles. The molecular weight excluding hydrogens is 278 g/mol. The molecule has 0 unspecified atom stereocenters. The molecule has 116 valence electrons. The number of carbonyl (C=O) groups excluding carboxylic acids is 1. The van der Waals surface area contributed by atoms with Crippen molar-refractivity contribution >= 4 is 11.7 Å². The largest absolute Gasteiger partial charge is 0.497 e. The topological polar surface area (TPSA) is 56.1 Å². The lowest BCUT2D eigenvalue weighted by Crippen LogP contribution is -2.30. The van der Waals surface area contributed by atoms with Crippen LogP contribution in [0.4, 0.5) is 5.82 Å². The summed E-state index contributed by atoms with van der Waals surface area (Å²) in [5, 5.41) is 7.47. The average Bonchev–Trinajstić information content (AvgIpc) is 2.90. The Labute approximate surface area is 130 Å². The van der Waals surface area contributed by atoms with Crippen LogP contribution in [0.1, 0.15) is 44.2 Å². The summed E-state index contributed by atoms with van der Waals surface area (Å²) in [7, 11) is 1.65. The minimum atomic E-state index is -0.183. The van der Waals surface area contributed by atoms with Crippen LogP contribution in [0.25, 0.3) is 0 Å². The number of ether oxygens (including phenoxy) is 1. The number of nitrogens with zero attached hydrogens (tertiary/aromatic N) is 2. The Hall–Kier alpha value is -2.30. The zero-order valence-electron chi connectivity index (χ0n) is 13.4. The van der Waals surface area contributed by atoms with Gasteiger partial charge in [0.05, 0.1) is 18.8 Å². The molecule has 0 saturated heterocycles. The Morgan fingerprint density at radius 1 is 1.36 bits per heavy atom. The van der Waals surface area contributed by atoms with Gasteiger partial charge in [-0.15, -0.1) is 0 Å². The SMILES string of the molecule is COc1cccc([C@@H]2CC(=O)Nc3c2cnn3C(C)(C)C)c1. The summed E-state index contributed by atoms with van der Waals surface area (Å²) in [5.41, 5.74) is 1.95. The molecule has 1 aromatic heterocycles. The van der Waals surface area contributed by atoms with Gasteiger partial charge in [0.15, 0.2) is 0 Å². The second kappa shape index (κ2) is 5.16. The van der Waals surface area contributed by atoms with E-state index in [0.29, 0.717) is 6.42 Å². The molecule has 0 bridgehead atoms. The van der Waals surface area contributed by atoms with Gasteiger partial charge in [0.2, 0.25) is 5.91 Å². The van der Waals surface area contributed by atoms with Crippen LogP contribution >= 0.6 is 0 Å². The lowest BCUT2D eigenvalue weighted by Gasteiger charge is -2.28. The third-order valence-electron chi connectivity index (χ3n) is 3.95. The first-order valence-corrected chi connectivity index (χ1v) is 7.42. The smallest absolute Gasteiger partial charge is 0.226 e. The number of nitrogens with one attached hydrogen (secondary N) is 1. The fourth-order valence-electron chi connectivity index (χ4n) is 2.88. The van der Waals surface area contributed by atoms with Crippen molar-refractivity contribution in [2.75, 3.05) is 12.4 Å². The van der Waals surface area contributed by atoms with E-state index in [1.165, 1.54) is 0 Å². The van der Waals surface area contributed by atoms with Crippen LogP contribution in [0.5, 0.6) is 5.75 Å². The van der Waals surface area contributed by atoms with Crippen LogP contribution in [0.15, 0.2) is 30.5 Å². The number of fused-ring (bicyclic) bond motifs is 1. The first kappa shape index (κ1) is 14.6. The summed E-state index contributed by atoms with van der Waals surface area (Å²) >= 11 is 0. The number of hydrogen-bond donors (Lipinski definition) is 1. The summed E-state index contributed by atoms with van der Waals surface area (Å²) < 4.78 is 7.18. The molecule has 1 atom stereocenters. The molecule has 2 aromatic rings. The molecule has 1 aliphatic rings. The third-order valence-corrected chi connectivity index (χ3v) is 3.95. The van der Waals surface area contributed by atoms with E-state index in [2.05, 4.69) is 31.2 Å². The van der Waals surface area contributed by atoms with E-state index in [0.717, 1.165) is 22.7 Å². The van der Waals surface area contributed by atoms with Gasteiger partial charge in [-0.1, -0.05) is 12.1 Å². The second-order valence-corrected chi connectivity index (χ2v) is 6.61. The number of benzene rings is 1. The third kappa shape index (κ3) is 2.47. The Balaban J connectivity index is 2.09. The maximum atomic E-state index is 12.2. The molecule has 2 heterocycles. The molecule has 1 amide bonds. The van der Waals surface area contributed by atoms with Crippen molar-refractivity contribution in [1.82, 2.24) is 9.78 Å². The Kier molecular flexibility index (Phi) is 3.43. The van der Waals surface area contributed by atoms with Crippen molar-refractivity contribution < 1.29 is 9.53 Å². The molecule has 0 radical (unpaired) electrons. The van der Waals surface area contributed by atoms with Gasteiger partial charge in [0, 0.05) is 17.9 Å². The molecule has 0 spiro atoms. The van der Waals surface area contributed by atoms with Gasteiger partial charge in [-0.05, 0) is 38.5 Å². The van der Waals surface area contributed by atoms with Crippen molar-refractivity contribution in [3.05, 3.63) is 41.6 Å². The highest BCUT2D eigenvalue weighted by Gasteiger charge is 2.32. The molecule has 1 aromatic carbocycles. The summed E-state index contributed by atoms with van der Waals surface area (Å²) in [6.45, 7) is 6.21. The Morgan fingerprint density at radius 3 is 2.82 bits per heavy atom. The van der Waals surface area contributed by atoms with Crippen LogP contribution in [-0.4, -0.2) is 22.8 Å². The average molecular weight is 299 g/mol. The molecule has 5 heteroatoms. The van der Waals surface area contributed by atoms with Gasteiger partial charge in [-0.2, -0.15) is 5.10 Å². The van der Waals surface area contributed by atoms with Crippen LogP contribution in [0, 0.1) is 0 Å². The van der Waals surface area contributed by atoms with Crippen LogP contribution in [-0.2, 0) is 10.3 Å². The van der Waals surface area contributed by atoms with E-state index in [1.807, 2.05) is 35.1 Å². The standard InChI is InChI=1S/C17H21N3O2/c1-17(2,3)20-16-14(10-18-20)13(9-15(21)19-16)11-6-5-7-12(8-11)22-4/h5-8,10,13H,9H2,1-4H3,(H,19,21)/t13-/m0/s1. The highest BCUT2D eigenvalue weighted by molar-refractivity contribution is 5.94. The van der Waals surface area contributed by atoms with E-state index in [4.69, 9.17) is 4.74 Å². The minimum absolute atomic E-state index is 0.00921. The summed E-state index contributed by atoms with van der Waals surface area (Å²) in [6.07, 6.45) is 2.29. The summed E-state index contributed by atoms with van der Waals surface area (Å²) in [4.78, 5) is 12.2. The van der Waals surface area contributed by atoms with Crippen molar-refractivity contribution in [2.24, 2.45) is 0 Å². The molecule has 0 aliphatic carbocycles. The van der Waals surface area contributed by atoms with Crippen molar-refractivity contribution in [3.8, 4) is 5.75 Å². The van der Waals surface area contributed by atoms with Crippen molar-refractivity contribution in [1.29, 1.82) is 0 Å². The van der Waals surface area contributed by atoms with E-state index < -0.39 is 0 Å². The molecular formula is C17H21N3O2. The number of aromatic nitrogens is 2. The van der Waals surface area contributed by atoms with E-state index in [9.17, 15) is 4.79 Å². The first-order valence-electron chi connectivity index (χ1n) is 7.42. The first-order chi connectivity index (χ1) is 10.4. The van der Waals surface area contributed by atoms with Gasteiger partial charge >= 0.3 is 0 Å². The lowest BCUT2D eigenvalue weighted by atomic mass is 9.87. The normalized spacial score (nSPS) is 17.8. The van der Waals surface area contributed by atoms with Gasteiger partial charge in [-0.25, -0.2) is 4.68 Å². The summed E-state index contributed by atoms with van der Waals surface area (Å²) in [6, 6.07) is 7.88. The molecule has 0 fully saturated rings. The molecule has 1 aliphatic heterocycles. The Morgan fingerprint density at radius 2 is 2.14 bits per heavy atom. The zero-order chi connectivity index (χ0) is 15.9. The van der Waals surface area contributed by atoms with Crippen molar-refractivity contribution in [2.45, 2.75) is 38.6 Å². The maximum Gasteiger partial charge on any atom is 0.226 e.